The number of fused-ring (bicyclic) bond motifs is 1. The van der Waals surface area contributed by atoms with Crippen LogP contribution in [0.1, 0.15) is 13.3 Å². The van der Waals surface area contributed by atoms with E-state index in [9.17, 15) is 9.18 Å². The standard InChI is InChI=1S/C11H13FN2O/c1-2-5-14-7-11(15)13-9-6-8(12)3-4-10(9)14/h3-4,6H,2,5,7H2,1H3,(H,13,15). The van der Waals surface area contributed by atoms with Gasteiger partial charge < -0.3 is 10.2 Å². The van der Waals surface area contributed by atoms with Crippen molar-refractivity contribution >= 4 is 17.3 Å². The van der Waals surface area contributed by atoms with E-state index in [0.29, 0.717) is 12.2 Å². The Morgan fingerprint density at radius 3 is 3.07 bits per heavy atom. The maximum absolute atomic E-state index is 13.0. The lowest BCUT2D eigenvalue weighted by atomic mass is 10.2. The van der Waals surface area contributed by atoms with Gasteiger partial charge >= 0.3 is 0 Å². The predicted molar refractivity (Wildman–Crippen MR) is 57.5 cm³/mol. The number of benzene rings is 1. The van der Waals surface area contributed by atoms with E-state index < -0.39 is 0 Å². The van der Waals surface area contributed by atoms with Gasteiger partial charge in [0.2, 0.25) is 5.91 Å². The topological polar surface area (TPSA) is 32.3 Å². The summed E-state index contributed by atoms with van der Waals surface area (Å²) in [5, 5.41) is 2.67. The number of halogens is 1. The van der Waals surface area contributed by atoms with Gasteiger partial charge in [-0.15, -0.1) is 0 Å². The summed E-state index contributed by atoms with van der Waals surface area (Å²) < 4.78 is 13.0. The minimum absolute atomic E-state index is 0.0819. The highest BCUT2D eigenvalue weighted by Crippen LogP contribution is 2.29. The second kappa shape index (κ2) is 3.88. The van der Waals surface area contributed by atoms with Gasteiger partial charge in [-0.3, -0.25) is 4.79 Å². The van der Waals surface area contributed by atoms with Gasteiger partial charge in [0, 0.05) is 6.54 Å². The molecule has 0 saturated carbocycles. The summed E-state index contributed by atoms with van der Waals surface area (Å²) in [4.78, 5) is 13.3. The number of hydrogen-bond acceptors (Lipinski definition) is 2. The Hall–Kier alpha value is -1.58. The Morgan fingerprint density at radius 1 is 1.53 bits per heavy atom. The van der Waals surface area contributed by atoms with Crippen LogP contribution in [0.5, 0.6) is 0 Å². The van der Waals surface area contributed by atoms with E-state index in [1.165, 1.54) is 12.1 Å². The lowest BCUT2D eigenvalue weighted by molar-refractivity contribution is -0.115. The van der Waals surface area contributed by atoms with Crippen LogP contribution >= 0.6 is 0 Å². The van der Waals surface area contributed by atoms with E-state index in [2.05, 4.69) is 12.2 Å². The number of nitrogens with one attached hydrogen (secondary N) is 1. The number of carbonyl (C=O) groups excluding carboxylic acids is 1. The number of rotatable bonds is 2. The molecule has 0 aliphatic carbocycles. The van der Waals surface area contributed by atoms with Crippen molar-refractivity contribution in [2.45, 2.75) is 13.3 Å². The summed E-state index contributed by atoms with van der Waals surface area (Å²) in [6.45, 7) is 3.22. The first-order chi connectivity index (χ1) is 7.20. The second-order valence-corrected chi connectivity index (χ2v) is 3.63. The van der Waals surface area contributed by atoms with E-state index in [-0.39, 0.29) is 11.7 Å². The fourth-order valence-electron chi connectivity index (χ4n) is 1.80. The third-order valence-corrected chi connectivity index (χ3v) is 2.40. The fraction of sp³-hybridized carbons (Fsp3) is 0.364. The second-order valence-electron chi connectivity index (χ2n) is 3.63. The summed E-state index contributed by atoms with van der Waals surface area (Å²) >= 11 is 0. The molecule has 3 nitrogen and oxygen atoms in total. The molecule has 1 aliphatic rings. The number of carbonyl (C=O) groups is 1. The Labute approximate surface area is 87.9 Å². The Bertz CT molecular complexity index is 392. The van der Waals surface area contributed by atoms with E-state index in [0.717, 1.165) is 18.7 Å². The summed E-state index contributed by atoms with van der Waals surface area (Å²) in [5.41, 5.74) is 1.47. The van der Waals surface area contributed by atoms with Crippen molar-refractivity contribution in [3.8, 4) is 0 Å². The first kappa shape index (κ1) is 9.96. The van der Waals surface area contributed by atoms with E-state index in [1.807, 2.05) is 4.90 Å². The summed E-state index contributed by atoms with van der Waals surface area (Å²) in [5.74, 6) is -0.408. The summed E-state index contributed by atoms with van der Waals surface area (Å²) in [6, 6.07) is 4.48. The van der Waals surface area contributed by atoms with Crippen LogP contribution in [0.15, 0.2) is 18.2 Å². The van der Waals surface area contributed by atoms with E-state index in [4.69, 9.17) is 0 Å². The SMILES string of the molecule is CCCN1CC(=O)Nc2cc(F)ccc21. The summed E-state index contributed by atoms with van der Waals surface area (Å²) in [6.07, 6.45) is 0.962. The monoisotopic (exact) mass is 208 g/mol. The zero-order valence-electron chi connectivity index (χ0n) is 8.59. The van der Waals surface area contributed by atoms with Crippen molar-refractivity contribution in [1.82, 2.24) is 0 Å². The molecule has 0 radical (unpaired) electrons. The van der Waals surface area contributed by atoms with Gasteiger partial charge in [-0.2, -0.15) is 0 Å². The van der Waals surface area contributed by atoms with Crippen LogP contribution in [-0.2, 0) is 4.79 Å². The molecular formula is C11H13FN2O. The van der Waals surface area contributed by atoms with Gasteiger partial charge in [-0.1, -0.05) is 6.92 Å². The van der Waals surface area contributed by atoms with Crippen LogP contribution in [0.3, 0.4) is 0 Å². The maximum atomic E-state index is 13.0. The van der Waals surface area contributed by atoms with Crippen LogP contribution in [0.25, 0.3) is 0 Å². The number of anilines is 2. The zero-order chi connectivity index (χ0) is 10.8. The molecule has 0 saturated heterocycles. The normalized spacial score (nSPS) is 14.8. The van der Waals surface area contributed by atoms with Crippen molar-refractivity contribution in [3.63, 3.8) is 0 Å². The first-order valence-electron chi connectivity index (χ1n) is 5.05. The number of amides is 1. The highest BCUT2D eigenvalue weighted by molar-refractivity contribution is 6.01. The molecule has 2 rings (SSSR count). The molecule has 0 fully saturated rings. The third-order valence-electron chi connectivity index (χ3n) is 2.40. The maximum Gasteiger partial charge on any atom is 0.243 e. The van der Waals surface area contributed by atoms with Crippen LogP contribution in [0, 0.1) is 5.82 Å². The lowest BCUT2D eigenvalue weighted by Crippen LogP contribution is -2.38. The van der Waals surface area contributed by atoms with Gasteiger partial charge in [0.15, 0.2) is 0 Å². The molecule has 0 aromatic heterocycles. The van der Waals surface area contributed by atoms with Crippen molar-refractivity contribution in [2.24, 2.45) is 0 Å². The molecule has 0 spiro atoms. The van der Waals surface area contributed by atoms with Gasteiger partial charge in [-0.05, 0) is 24.6 Å². The minimum atomic E-state index is -0.326. The number of hydrogen-bond donors (Lipinski definition) is 1. The predicted octanol–water partition coefficient (Wildman–Crippen LogP) is 1.99. The first-order valence-corrected chi connectivity index (χ1v) is 5.05. The molecule has 80 valence electrons. The van der Waals surface area contributed by atoms with Crippen LogP contribution in [0.4, 0.5) is 15.8 Å². The van der Waals surface area contributed by atoms with Gasteiger partial charge in [0.1, 0.15) is 5.82 Å². The molecule has 4 heteroatoms. The molecule has 1 amide bonds. The fourth-order valence-corrected chi connectivity index (χ4v) is 1.80. The average Bonchev–Trinajstić information content (AvgIpc) is 2.17. The lowest BCUT2D eigenvalue weighted by Gasteiger charge is -2.30. The van der Waals surface area contributed by atoms with Crippen LogP contribution < -0.4 is 10.2 Å². The highest BCUT2D eigenvalue weighted by atomic mass is 19.1. The van der Waals surface area contributed by atoms with Crippen LogP contribution in [0.2, 0.25) is 0 Å². The number of nitrogens with zero attached hydrogens (tertiary/aromatic N) is 1. The molecule has 0 bridgehead atoms. The Balaban J connectivity index is 2.37. The average molecular weight is 208 g/mol. The Morgan fingerprint density at radius 2 is 2.33 bits per heavy atom. The molecule has 1 aromatic carbocycles. The largest absolute Gasteiger partial charge is 0.361 e. The van der Waals surface area contributed by atoms with Crippen molar-refractivity contribution in [3.05, 3.63) is 24.0 Å². The van der Waals surface area contributed by atoms with Crippen molar-refractivity contribution < 1.29 is 9.18 Å². The Kier molecular flexibility index (Phi) is 2.58. The zero-order valence-corrected chi connectivity index (χ0v) is 8.59. The molecule has 1 aliphatic heterocycles. The minimum Gasteiger partial charge on any atom is -0.361 e. The molecule has 0 atom stereocenters. The molecule has 1 aromatic rings. The quantitative estimate of drug-likeness (QED) is 0.806. The molecule has 15 heavy (non-hydrogen) atoms. The third kappa shape index (κ3) is 1.93. The van der Waals surface area contributed by atoms with Gasteiger partial charge in [0.05, 0.1) is 17.9 Å². The van der Waals surface area contributed by atoms with Crippen LogP contribution in [-0.4, -0.2) is 19.0 Å². The van der Waals surface area contributed by atoms with Crippen molar-refractivity contribution in [1.29, 1.82) is 0 Å². The highest BCUT2D eigenvalue weighted by Gasteiger charge is 2.21. The van der Waals surface area contributed by atoms with Gasteiger partial charge in [-0.25, -0.2) is 4.39 Å². The molecule has 0 unspecified atom stereocenters. The van der Waals surface area contributed by atoms with Crippen molar-refractivity contribution in [2.75, 3.05) is 23.3 Å². The van der Waals surface area contributed by atoms with E-state index in [1.54, 1.807) is 6.07 Å². The molecule has 1 heterocycles. The summed E-state index contributed by atoms with van der Waals surface area (Å²) in [7, 11) is 0. The molecular weight excluding hydrogens is 195 g/mol. The smallest absolute Gasteiger partial charge is 0.243 e. The molecule has 1 N–H and O–H groups in total. The van der Waals surface area contributed by atoms with E-state index >= 15 is 0 Å². The van der Waals surface area contributed by atoms with Gasteiger partial charge in [0.25, 0.3) is 0 Å².